The molecular formula is C23H18BrNO4. The van der Waals surface area contributed by atoms with Gasteiger partial charge < -0.3 is 9.84 Å². The highest BCUT2D eigenvalue weighted by molar-refractivity contribution is 9.10. The molecule has 0 spiro atoms. The van der Waals surface area contributed by atoms with Crippen LogP contribution < -0.4 is 5.32 Å². The van der Waals surface area contributed by atoms with Crippen molar-refractivity contribution in [2.24, 2.45) is 0 Å². The molecule has 146 valence electrons. The number of carboxylic acid groups (broad SMARTS) is 1. The maximum absolute atomic E-state index is 12.4. The number of aromatic carboxylic acids is 1. The molecule has 3 aromatic rings. The second kappa shape index (κ2) is 7.72. The summed E-state index contributed by atoms with van der Waals surface area (Å²) in [6, 6.07) is 19.2. The van der Waals surface area contributed by atoms with Crippen molar-refractivity contribution in [2.45, 2.75) is 12.8 Å². The number of hydrogen-bond acceptors (Lipinski definition) is 3. The highest BCUT2D eigenvalue weighted by Gasteiger charge is 2.29. The minimum Gasteiger partial charge on any atom is -0.478 e. The van der Waals surface area contributed by atoms with Gasteiger partial charge in [0.05, 0.1) is 11.3 Å². The van der Waals surface area contributed by atoms with Crippen LogP contribution in [0, 0.1) is 6.92 Å². The van der Waals surface area contributed by atoms with Crippen molar-refractivity contribution < 1.29 is 19.4 Å². The van der Waals surface area contributed by atoms with Crippen molar-refractivity contribution in [1.29, 1.82) is 0 Å². The highest BCUT2D eigenvalue weighted by Crippen LogP contribution is 2.44. The number of hydrogen-bond donors (Lipinski definition) is 2. The summed E-state index contributed by atoms with van der Waals surface area (Å²) in [6.07, 6.45) is -0.630. The molecule has 0 bridgehead atoms. The number of nitrogens with one attached hydrogen (secondary N) is 1. The average molecular weight is 452 g/mol. The first-order chi connectivity index (χ1) is 14.0. The molecule has 1 aliphatic carbocycles. The number of ether oxygens (including phenoxy) is 1. The maximum Gasteiger partial charge on any atom is 0.411 e. The molecule has 0 aromatic heterocycles. The molecule has 5 nitrogen and oxygen atoms in total. The van der Waals surface area contributed by atoms with Gasteiger partial charge in [0.25, 0.3) is 0 Å². The molecule has 0 saturated heterocycles. The largest absolute Gasteiger partial charge is 0.478 e. The third-order valence-electron chi connectivity index (χ3n) is 5.08. The molecule has 1 amide bonds. The highest BCUT2D eigenvalue weighted by atomic mass is 79.9. The van der Waals surface area contributed by atoms with E-state index in [1.54, 1.807) is 6.92 Å². The third kappa shape index (κ3) is 3.63. The Bertz CT molecular complexity index is 1080. The van der Waals surface area contributed by atoms with Crippen LogP contribution in [0.5, 0.6) is 0 Å². The first-order valence-electron chi connectivity index (χ1n) is 9.11. The molecular weight excluding hydrogens is 434 g/mol. The van der Waals surface area contributed by atoms with E-state index < -0.39 is 12.1 Å². The summed E-state index contributed by atoms with van der Waals surface area (Å²) in [5.41, 5.74) is 5.74. The number of amides is 1. The van der Waals surface area contributed by atoms with Crippen molar-refractivity contribution in [3.63, 3.8) is 0 Å². The Kier molecular flexibility index (Phi) is 5.11. The van der Waals surface area contributed by atoms with Gasteiger partial charge in [0.2, 0.25) is 0 Å². The topological polar surface area (TPSA) is 75.6 Å². The van der Waals surface area contributed by atoms with Crippen LogP contribution >= 0.6 is 15.9 Å². The number of halogens is 1. The molecule has 1 aliphatic rings. The Labute approximate surface area is 176 Å². The van der Waals surface area contributed by atoms with Crippen LogP contribution in [-0.4, -0.2) is 23.8 Å². The maximum atomic E-state index is 12.4. The zero-order valence-electron chi connectivity index (χ0n) is 15.6. The zero-order chi connectivity index (χ0) is 20.5. The number of carboxylic acids is 1. The lowest BCUT2D eigenvalue weighted by Crippen LogP contribution is -2.18. The minimum absolute atomic E-state index is 0.0383. The lowest BCUT2D eigenvalue weighted by Gasteiger charge is -2.15. The van der Waals surface area contributed by atoms with Crippen molar-refractivity contribution in [3.8, 4) is 11.1 Å². The van der Waals surface area contributed by atoms with Gasteiger partial charge in [0.15, 0.2) is 0 Å². The number of anilines is 1. The second-order valence-electron chi connectivity index (χ2n) is 6.91. The van der Waals surface area contributed by atoms with E-state index >= 15 is 0 Å². The predicted molar refractivity (Wildman–Crippen MR) is 115 cm³/mol. The number of carbonyl (C=O) groups is 2. The van der Waals surface area contributed by atoms with Gasteiger partial charge >= 0.3 is 12.1 Å². The Morgan fingerprint density at radius 1 is 1.03 bits per heavy atom. The number of fused-ring (bicyclic) bond motifs is 3. The first kappa shape index (κ1) is 19.2. The van der Waals surface area contributed by atoms with Gasteiger partial charge in [-0.3, -0.25) is 5.32 Å². The van der Waals surface area contributed by atoms with Gasteiger partial charge in [-0.2, -0.15) is 0 Å². The normalized spacial score (nSPS) is 12.2. The van der Waals surface area contributed by atoms with Crippen LogP contribution in [0.2, 0.25) is 0 Å². The van der Waals surface area contributed by atoms with Crippen molar-refractivity contribution in [3.05, 3.63) is 87.4 Å². The summed E-state index contributed by atoms with van der Waals surface area (Å²) in [7, 11) is 0. The average Bonchev–Trinajstić information content (AvgIpc) is 3.03. The van der Waals surface area contributed by atoms with Crippen molar-refractivity contribution >= 4 is 33.7 Å². The number of rotatable bonds is 4. The molecule has 0 heterocycles. The summed E-state index contributed by atoms with van der Waals surface area (Å²) in [6.45, 7) is 1.95. The van der Waals surface area contributed by atoms with Crippen LogP contribution in [0.3, 0.4) is 0 Å². The van der Waals surface area contributed by atoms with Crippen LogP contribution in [0.4, 0.5) is 10.5 Å². The van der Waals surface area contributed by atoms with Crippen molar-refractivity contribution in [1.82, 2.24) is 0 Å². The predicted octanol–water partition coefficient (Wildman–Crippen LogP) is 5.82. The zero-order valence-corrected chi connectivity index (χ0v) is 17.2. The summed E-state index contributed by atoms with van der Waals surface area (Å²) < 4.78 is 6.14. The summed E-state index contributed by atoms with van der Waals surface area (Å²) in [5, 5.41) is 11.9. The van der Waals surface area contributed by atoms with Crippen LogP contribution in [0.15, 0.2) is 65.1 Å². The van der Waals surface area contributed by atoms with Crippen LogP contribution in [0.25, 0.3) is 11.1 Å². The number of aryl methyl sites for hydroxylation is 1. The molecule has 0 fully saturated rings. The van der Waals surface area contributed by atoms with E-state index in [1.165, 1.54) is 12.1 Å². The van der Waals surface area contributed by atoms with Crippen LogP contribution in [-0.2, 0) is 4.74 Å². The van der Waals surface area contributed by atoms with E-state index in [0.29, 0.717) is 15.7 Å². The molecule has 0 aliphatic heterocycles. The SMILES string of the molecule is Cc1cc(C(=O)O)cc(NC(=O)OCC2c3ccccc3-c3ccccc32)c1Br. The van der Waals surface area contributed by atoms with Gasteiger partial charge in [-0.25, -0.2) is 9.59 Å². The quantitative estimate of drug-likeness (QED) is 0.524. The molecule has 0 atom stereocenters. The Morgan fingerprint density at radius 3 is 2.21 bits per heavy atom. The van der Waals surface area contributed by atoms with Crippen LogP contribution in [0.1, 0.15) is 33.0 Å². The van der Waals surface area contributed by atoms with E-state index in [9.17, 15) is 14.7 Å². The fourth-order valence-electron chi connectivity index (χ4n) is 3.73. The molecule has 0 radical (unpaired) electrons. The fraction of sp³-hybridized carbons (Fsp3) is 0.130. The Hall–Kier alpha value is -3.12. The van der Waals surface area contributed by atoms with Gasteiger partial charge in [-0.15, -0.1) is 0 Å². The van der Waals surface area contributed by atoms with Gasteiger partial charge in [0, 0.05) is 10.4 Å². The van der Waals surface area contributed by atoms with E-state index in [2.05, 4.69) is 45.5 Å². The van der Waals surface area contributed by atoms with E-state index in [0.717, 1.165) is 22.3 Å². The van der Waals surface area contributed by atoms with E-state index in [4.69, 9.17) is 4.74 Å². The summed E-state index contributed by atoms with van der Waals surface area (Å²) >= 11 is 3.39. The van der Waals surface area contributed by atoms with E-state index in [-0.39, 0.29) is 18.1 Å². The summed E-state index contributed by atoms with van der Waals surface area (Å²) in [5.74, 6) is -1.10. The summed E-state index contributed by atoms with van der Waals surface area (Å²) in [4.78, 5) is 23.7. The molecule has 2 N–H and O–H groups in total. The lowest BCUT2D eigenvalue weighted by atomic mass is 9.98. The van der Waals surface area contributed by atoms with E-state index in [1.807, 2.05) is 24.3 Å². The molecule has 0 saturated carbocycles. The first-order valence-corrected chi connectivity index (χ1v) is 9.90. The molecule has 0 unspecified atom stereocenters. The number of carbonyl (C=O) groups excluding carboxylic acids is 1. The molecule has 3 aromatic carbocycles. The standard InChI is InChI=1S/C23H18BrNO4/c1-13-10-14(22(26)27)11-20(21(13)24)25-23(28)29-12-19-17-8-4-2-6-15(17)16-7-3-5-9-18(16)19/h2-11,19H,12H2,1H3,(H,25,28)(H,26,27). The lowest BCUT2D eigenvalue weighted by molar-refractivity contribution is 0.0696. The fourth-order valence-corrected chi connectivity index (χ4v) is 4.06. The molecule has 6 heteroatoms. The Morgan fingerprint density at radius 2 is 1.62 bits per heavy atom. The minimum atomic E-state index is -1.06. The molecule has 29 heavy (non-hydrogen) atoms. The monoisotopic (exact) mass is 451 g/mol. The van der Waals surface area contributed by atoms with Crippen molar-refractivity contribution in [2.75, 3.05) is 11.9 Å². The second-order valence-corrected chi connectivity index (χ2v) is 7.70. The van der Waals surface area contributed by atoms with Gasteiger partial charge in [0.1, 0.15) is 6.61 Å². The van der Waals surface area contributed by atoms with Gasteiger partial charge in [-0.1, -0.05) is 48.5 Å². The number of benzene rings is 3. The van der Waals surface area contributed by atoms with Gasteiger partial charge in [-0.05, 0) is 62.8 Å². The smallest absolute Gasteiger partial charge is 0.411 e. The third-order valence-corrected chi connectivity index (χ3v) is 6.13. The molecule has 4 rings (SSSR count). The Balaban J connectivity index is 1.52.